The second-order valence-electron chi connectivity index (χ2n) is 9.65. The molecular weight excluding hydrogens is 469 g/mol. The number of unbranched alkanes of at least 4 members (excludes halogenated alkanes) is 2. The van der Waals surface area contributed by atoms with Crippen LogP contribution in [0.2, 0.25) is 0 Å². The zero-order chi connectivity index (χ0) is 25.6. The van der Waals surface area contributed by atoms with Gasteiger partial charge in [-0.05, 0) is 55.3 Å². The highest BCUT2D eigenvalue weighted by Gasteiger charge is 2.24. The fourth-order valence-corrected chi connectivity index (χ4v) is 5.02. The molecule has 0 bridgehead atoms. The zero-order valence-electron chi connectivity index (χ0n) is 20.9. The van der Waals surface area contributed by atoms with Crippen molar-refractivity contribution in [1.82, 2.24) is 24.6 Å². The van der Waals surface area contributed by atoms with Crippen molar-refractivity contribution in [3.63, 3.8) is 0 Å². The monoisotopic (exact) mass is 501 g/mol. The van der Waals surface area contributed by atoms with E-state index in [9.17, 15) is 14.0 Å². The number of aryl methyl sites for hydroxylation is 1. The summed E-state index contributed by atoms with van der Waals surface area (Å²) in [4.78, 5) is 29.4. The van der Waals surface area contributed by atoms with Crippen molar-refractivity contribution in [1.29, 1.82) is 0 Å². The van der Waals surface area contributed by atoms with E-state index in [1.165, 1.54) is 12.5 Å². The lowest BCUT2D eigenvalue weighted by Gasteiger charge is -2.35. The summed E-state index contributed by atoms with van der Waals surface area (Å²) in [6.45, 7) is 4.87. The predicted molar refractivity (Wildman–Crippen MR) is 142 cm³/mol. The highest BCUT2D eigenvalue weighted by molar-refractivity contribution is 5.95. The van der Waals surface area contributed by atoms with Crippen LogP contribution in [0.25, 0.3) is 10.8 Å². The van der Waals surface area contributed by atoms with E-state index >= 15 is 0 Å². The number of halogens is 1. The van der Waals surface area contributed by atoms with Gasteiger partial charge in [0.1, 0.15) is 5.82 Å². The number of nitrogens with zero attached hydrogens (tertiary/aromatic N) is 4. The summed E-state index contributed by atoms with van der Waals surface area (Å²) in [6, 6.07) is 16.0. The molecule has 1 fully saturated rings. The molecule has 5 rings (SSSR count). The number of hydrogen-bond donors (Lipinski definition) is 1. The van der Waals surface area contributed by atoms with E-state index in [0.717, 1.165) is 50.0 Å². The van der Waals surface area contributed by atoms with Crippen LogP contribution < -0.4 is 5.56 Å². The summed E-state index contributed by atoms with van der Waals surface area (Å²) in [5, 5.41) is 8.06. The van der Waals surface area contributed by atoms with Gasteiger partial charge in [-0.25, -0.2) is 9.49 Å². The highest BCUT2D eigenvalue weighted by Crippen LogP contribution is 2.20. The van der Waals surface area contributed by atoms with E-state index in [1.54, 1.807) is 29.2 Å². The summed E-state index contributed by atoms with van der Waals surface area (Å²) in [7, 11) is 0. The third kappa shape index (κ3) is 5.97. The molecule has 37 heavy (non-hydrogen) atoms. The maximum Gasteiger partial charge on any atom is 0.272 e. The summed E-state index contributed by atoms with van der Waals surface area (Å²) >= 11 is 0. The average molecular weight is 502 g/mol. The Bertz CT molecular complexity index is 1410. The Hall–Kier alpha value is -3.78. The van der Waals surface area contributed by atoms with Gasteiger partial charge in [-0.1, -0.05) is 30.7 Å². The van der Waals surface area contributed by atoms with Crippen molar-refractivity contribution < 1.29 is 9.18 Å². The van der Waals surface area contributed by atoms with Gasteiger partial charge in [0, 0.05) is 56.9 Å². The maximum atomic E-state index is 14.7. The van der Waals surface area contributed by atoms with Gasteiger partial charge in [0.2, 0.25) is 0 Å². The van der Waals surface area contributed by atoms with Crippen molar-refractivity contribution in [2.75, 3.05) is 32.7 Å². The van der Waals surface area contributed by atoms with E-state index in [0.29, 0.717) is 30.6 Å². The molecule has 0 saturated carbocycles. The number of carbonyl (C=O) groups excluding carboxylic acids is 1. The minimum absolute atomic E-state index is 0.0877. The van der Waals surface area contributed by atoms with E-state index < -0.39 is 5.82 Å². The number of fused-ring (bicyclic) bond motifs is 1. The number of H-pyrrole nitrogens is 1. The average Bonchev–Trinajstić information content (AvgIpc) is 3.45. The molecule has 1 N–H and O–H groups in total. The van der Waals surface area contributed by atoms with Gasteiger partial charge in [-0.2, -0.15) is 5.10 Å². The minimum atomic E-state index is -0.516. The summed E-state index contributed by atoms with van der Waals surface area (Å²) in [6.07, 6.45) is 8.05. The highest BCUT2D eigenvalue weighted by atomic mass is 19.1. The van der Waals surface area contributed by atoms with Crippen LogP contribution in [0.5, 0.6) is 0 Å². The Morgan fingerprint density at radius 3 is 2.41 bits per heavy atom. The van der Waals surface area contributed by atoms with Gasteiger partial charge in [0.05, 0.1) is 16.6 Å². The molecule has 192 valence electrons. The lowest BCUT2D eigenvalue weighted by molar-refractivity contribution is 0.0630. The fraction of sp³-hybridized carbons (Fsp3) is 0.345. The molecule has 1 amide bonds. The predicted octanol–water partition coefficient (Wildman–Crippen LogP) is 4.08. The molecule has 2 aromatic carbocycles. The minimum Gasteiger partial charge on any atom is -0.354 e. The first kappa shape index (κ1) is 24.9. The Labute approximate surface area is 215 Å². The summed E-state index contributed by atoms with van der Waals surface area (Å²) in [5.74, 6) is -0.789. The lowest BCUT2D eigenvalue weighted by Crippen LogP contribution is -2.49. The van der Waals surface area contributed by atoms with Gasteiger partial charge >= 0.3 is 0 Å². The van der Waals surface area contributed by atoms with Crippen LogP contribution in [0.15, 0.2) is 71.8 Å². The molecular formula is C29H32FN5O2. The first-order valence-corrected chi connectivity index (χ1v) is 13.0. The lowest BCUT2D eigenvalue weighted by atomic mass is 10.0. The van der Waals surface area contributed by atoms with E-state index in [1.807, 2.05) is 24.3 Å². The van der Waals surface area contributed by atoms with Crippen LogP contribution in [0, 0.1) is 5.82 Å². The van der Waals surface area contributed by atoms with Crippen molar-refractivity contribution in [2.45, 2.75) is 32.2 Å². The maximum absolute atomic E-state index is 14.7. The molecule has 2 aromatic heterocycles. The van der Waals surface area contributed by atoms with Crippen molar-refractivity contribution in [3.05, 3.63) is 100.0 Å². The molecule has 8 heteroatoms. The first-order chi connectivity index (χ1) is 18.1. The number of benzene rings is 2. The molecule has 0 atom stereocenters. The van der Waals surface area contributed by atoms with Gasteiger partial charge in [0.25, 0.3) is 11.5 Å². The third-order valence-electron chi connectivity index (χ3n) is 7.12. The Morgan fingerprint density at radius 1 is 0.892 bits per heavy atom. The third-order valence-corrected chi connectivity index (χ3v) is 7.12. The van der Waals surface area contributed by atoms with Gasteiger partial charge in [-0.15, -0.1) is 0 Å². The number of piperazine rings is 1. The van der Waals surface area contributed by atoms with Gasteiger partial charge in [0.15, 0.2) is 0 Å². The van der Waals surface area contributed by atoms with E-state index in [2.05, 4.69) is 32.1 Å². The largest absolute Gasteiger partial charge is 0.354 e. The zero-order valence-corrected chi connectivity index (χ0v) is 20.9. The second-order valence-corrected chi connectivity index (χ2v) is 9.65. The van der Waals surface area contributed by atoms with Crippen LogP contribution in [0.4, 0.5) is 4.39 Å². The number of carbonyl (C=O) groups is 1. The number of hydrogen-bond acceptors (Lipinski definition) is 4. The molecule has 0 aliphatic carbocycles. The van der Waals surface area contributed by atoms with Crippen LogP contribution >= 0.6 is 0 Å². The SMILES string of the molecule is O=C(c1cc(Cc2n[nH]c(=O)c3ccccc23)ccc1F)N1CCN(CCCCCn2cccc2)CC1. The Morgan fingerprint density at radius 2 is 1.62 bits per heavy atom. The molecule has 3 heterocycles. The molecule has 1 aliphatic rings. The van der Waals surface area contributed by atoms with E-state index in [4.69, 9.17) is 0 Å². The van der Waals surface area contributed by atoms with Gasteiger partial charge < -0.3 is 9.47 Å². The molecule has 4 aromatic rings. The first-order valence-electron chi connectivity index (χ1n) is 13.0. The van der Waals surface area contributed by atoms with Gasteiger partial charge in [-0.3, -0.25) is 14.5 Å². The number of aromatic nitrogens is 3. The molecule has 0 unspecified atom stereocenters. The normalized spacial score (nSPS) is 14.4. The number of aromatic amines is 1. The van der Waals surface area contributed by atoms with Crippen molar-refractivity contribution in [3.8, 4) is 0 Å². The molecule has 1 saturated heterocycles. The van der Waals surface area contributed by atoms with Crippen molar-refractivity contribution in [2.24, 2.45) is 0 Å². The van der Waals surface area contributed by atoms with Crippen LogP contribution in [-0.2, 0) is 13.0 Å². The second kappa shape index (κ2) is 11.5. The molecule has 0 radical (unpaired) electrons. The van der Waals surface area contributed by atoms with Crippen LogP contribution in [0.3, 0.4) is 0 Å². The topological polar surface area (TPSA) is 74.2 Å². The van der Waals surface area contributed by atoms with Crippen molar-refractivity contribution >= 4 is 16.7 Å². The van der Waals surface area contributed by atoms with E-state index in [-0.39, 0.29) is 17.0 Å². The molecule has 1 aliphatic heterocycles. The number of amides is 1. The summed E-state index contributed by atoms with van der Waals surface area (Å²) in [5.41, 5.74) is 1.30. The molecule has 7 nitrogen and oxygen atoms in total. The smallest absolute Gasteiger partial charge is 0.272 e. The van der Waals surface area contributed by atoms with Crippen LogP contribution in [0.1, 0.15) is 40.9 Å². The van der Waals surface area contributed by atoms with Crippen LogP contribution in [-0.4, -0.2) is 63.2 Å². The molecule has 0 spiro atoms. The Kier molecular flexibility index (Phi) is 7.75. The summed E-state index contributed by atoms with van der Waals surface area (Å²) < 4.78 is 16.9. The fourth-order valence-electron chi connectivity index (χ4n) is 5.02. The quantitative estimate of drug-likeness (QED) is 0.351. The number of nitrogens with one attached hydrogen (secondary N) is 1. The standard InChI is InChI=1S/C29H32FN5O2/c30-26-11-10-22(21-27-23-8-2-3-9-24(23)28(36)32-31-27)20-25(26)29(37)35-18-16-34(17-19-35)13-5-1-4-12-33-14-6-7-15-33/h2-3,6-11,14-15,20H,1,4-5,12-13,16-19,21H2,(H,32,36). The number of rotatable bonds is 9. The Balaban J connectivity index is 1.16.